The van der Waals surface area contributed by atoms with Crippen LogP contribution in [0, 0.1) is 13.8 Å². The molecule has 2 aromatic carbocycles. The monoisotopic (exact) mass is 323 g/mol. The third kappa shape index (κ3) is 3.11. The Hall–Kier alpha value is -2.82. The summed E-state index contributed by atoms with van der Waals surface area (Å²) in [6, 6.07) is 12.6. The second-order valence-corrected chi connectivity index (χ2v) is 6.20. The first-order valence-corrected chi connectivity index (χ1v) is 7.99. The Balaban J connectivity index is 1.88. The first-order chi connectivity index (χ1) is 11.5. The molecule has 0 spiro atoms. The fourth-order valence-electron chi connectivity index (χ4n) is 2.78. The van der Waals surface area contributed by atoms with Crippen molar-refractivity contribution in [2.45, 2.75) is 33.4 Å². The third-order valence-corrected chi connectivity index (χ3v) is 4.36. The molecule has 0 radical (unpaired) electrons. The van der Waals surface area contributed by atoms with Gasteiger partial charge in [-0.05, 0) is 49.6 Å². The van der Waals surface area contributed by atoms with E-state index in [0.717, 1.165) is 28.1 Å². The molecule has 1 aliphatic rings. The highest BCUT2D eigenvalue weighted by atomic mass is 16.2. The Labute approximate surface area is 141 Å². The molecule has 1 heterocycles. The number of carbonyl (C=O) groups is 2. The molecule has 1 unspecified atom stereocenters. The average molecular weight is 323 g/mol. The number of rotatable bonds is 1. The Kier molecular flexibility index (Phi) is 4.25. The van der Waals surface area contributed by atoms with E-state index < -0.39 is 6.04 Å². The van der Waals surface area contributed by atoms with E-state index >= 15 is 0 Å². The standard InChI is InChI=1S/C19H21N3O2/c1-12-8-9-13(2)17(10-12)21-19(24)22-11-15-6-4-5-7-16(15)20-18(23)14(22)3/h4-10,14H,11H2,1-3H3,(H,20,23)(H,21,24). The van der Waals surface area contributed by atoms with Gasteiger partial charge in [0.15, 0.2) is 0 Å². The topological polar surface area (TPSA) is 61.4 Å². The van der Waals surface area contributed by atoms with Gasteiger partial charge in [0.05, 0.1) is 6.54 Å². The Morgan fingerprint density at radius 3 is 2.75 bits per heavy atom. The van der Waals surface area contributed by atoms with Crippen LogP contribution in [0.3, 0.4) is 0 Å². The molecule has 5 nitrogen and oxygen atoms in total. The normalized spacial score (nSPS) is 16.9. The quantitative estimate of drug-likeness (QED) is 0.841. The van der Waals surface area contributed by atoms with Crippen molar-refractivity contribution in [1.29, 1.82) is 0 Å². The van der Waals surface area contributed by atoms with E-state index in [2.05, 4.69) is 10.6 Å². The van der Waals surface area contributed by atoms with Gasteiger partial charge < -0.3 is 15.5 Å². The molecular weight excluding hydrogens is 302 g/mol. The van der Waals surface area contributed by atoms with Gasteiger partial charge in [-0.2, -0.15) is 0 Å². The van der Waals surface area contributed by atoms with Crippen molar-refractivity contribution in [2.75, 3.05) is 10.6 Å². The van der Waals surface area contributed by atoms with Crippen molar-refractivity contribution in [2.24, 2.45) is 0 Å². The number of hydrogen-bond acceptors (Lipinski definition) is 2. The van der Waals surface area contributed by atoms with Gasteiger partial charge in [-0.25, -0.2) is 4.79 Å². The Morgan fingerprint density at radius 1 is 1.21 bits per heavy atom. The molecule has 3 rings (SSSR count). The molecule has 0 saturated heterocycles. The summed E-state index contributed by atoms with van der Waals surface area (Å²) in [6.07, 6.45) is 0. The number of benzene rings is 2. The summed E-state index contributed by atoms with van der Waals surface area (Å²) in [4.78, 5) is 26.7. The van der Waals surface area contributed by atoms with Crippen molar-refractivity contribution in [3.8, 4) is 0 Å². The minimum atomic E-state index is -0.553. The smallest absolute Gasteiger partial charge is 0.322 e. The summed E-state index contributed by atoms with van der Waals surface area (Å²) in [7, 11) is 0. The van der Waals surface area contributed by atoms with E-state index in [1.54, 1.807) is 11.8 Å². The van der Waals surface area contributed by atoms with E-state index in [4.69, 9.17) is 0 Å². The average Bonchev–Trinajstić information content (AvgIpc) is 2.68. The van der Waals surface area contributed by atoms with Crippen LogP contribution < -0.4 is 10.6 Å². The fourth-order valence-corrected chi connectivity index (χ4v) is 2.78. The summed E-state index contributed by atoms with van der Waals surface area (Å²) in [5.41, 5.74) is 4.51. The van der Waals surface area contributed by atoms with Crippen LogP contribution in [0.2, 0.25) is 0 Å². The number of nitrogens with zero attached hydrogens (tertiary/aromatic N) is 1. The Bertz CT molecular complexity index is 801. The van der Waals surface area contributed by atoms with Crippen LogP contribution in [0.15, 0.2) is 42.5 Å². The molecule has 0 aliphatic carbocycles. The number of urea groups is 1. The van der Waals surface area contributed by atoms with Crippen LogP contribution in [-0.2, 0) is 11.3 Å². The van der Waals surface area contributed by atoms with Crippen molar-refractivity contribution in [3.63, 3.8) is 0 Å². The van der Waals surface area contributed by atoms with Gasteiger partial charge in [-0.15, -0.1) is 0 Å². The number of hydrogen-bond donors (Lipinski definition) is 2. The van der Waals surface area contributed by atoms with Gasteiger partial charge in [0.25, 0.3) is 0 Å². The van der Waals surface area contributed by atoms with Gasteiger partial charge in [0.2, 0.25) is 5.91 Å². The Morgan fingerprint density at radius 2 is 1.96 bits per heavy atom. The zero-order valence-electron chi connectivity index (χ0n) is 14.1. The molecule has 0 bridgehead atoms. The summed E-state index contributed by atoms with van der Waals surface area (Å²) in [6.45, 7) is 6.05. The number of anilines is 2. The number of para-hydroxylation sites is 1. The maximum atomic E-state index is 12.8. The zero-order chi connectivity index (χ0) is 17.3. The largest absolute Gasteiger partial charge is 0.324 e. The molecule has 0 saturated carbocycles. The predicted molar refractivity (Wildman–Crippen MR) is 95.0 cm³/mol. The van der Waals surface area contributed by atoms with Crippen molar-refractivity contribution in [3.05, 3.63) is 59.2 Å². The third-order valence-electron chi connectivity index (χ3n) is 4.36. The molecule has 1 aliphatic heterocycles. The molecule has 2 N–H and O–H groups in total. The molecule has 24 heavy (non-hydrogen) atoms. The van der Waals surface area contributed by atoms with Gasteiger partial charge in [-0.1, -0.05) is 30.3 Å². The van der Waals surface area contributed by atoms with Crippen LogP contribution in [0.5, 0.6) is 0 Å². The molecule has 2 aromatic rings. The summed E-state index contributed by atoms with van der Waals surface area (Å²) < 4.78 is 0. The second kappa shape index (κ2) is 6.35. The number of carbonyl (C=O) groups excluding carboxylic acids is 2. The fraction of sp³-hybridized carbons (Fsp3) is 0.263. The van der Waals surface area contributed by atoms with Crippen molar-refractivity contribution >= 4 is 23.3 Å². The van der Waals surface area contributed by atoms with Crippen LogP contribution in [0.1, 0.15) is 23.6 Å². The van der Waals surface area contributed by atoms with Crippen LogP contribution in [-0.4, -0.2) is 22.9 Å². The SMILES string of the molecule is Cc1ccc(C)c(NC(=O)N2Cc3ccccc3NC(=O)C2C)c1. The number of nitrogens with one attached hydrogen (secondary N) is 2. The molecule has 5 heteroatoms. The second-order valence-electron chi connectivity index (χ2n) is 6.20. The van der Waals surface area contributed by atoms with Crippen molar-refractivity contribution in [1.82, 2.24) is 4.90 Å². The highest BCUT2D eigenvalue weighted by Gasteiger charge is 2.30. The van der Waals surface area contributed by atoms with E-state index in [0.29, 0.717) is 6.54 Å². The maximum absolute atomic E-state index is 12.8. The lowest BCUT2D eigenvalue weighted by Crippen LogP contribution is -2.45. The minimum Gasteiger partial charge on any atom is -0.324 e. The van der Waals surface area contributed by atoms with Crippen molar-refractivity contribution < 1.29 is 9.59 Å². The van der Waals surface area contributed by atoms with Crippen LogP contribution >= 0.6 is 0 Å². The number of amides is 3. The lowest BCUT2D eigenvalue weighted by Gasteiger charge is -2.26. The lowest BCUT2D eigenvalue weighted by molar-refractivity contribution is -0.119. The first-order valence-electron chi connectivity index (χ1n) is 7.99. The van der Waals surface area contributed by atoms with E-state index in [1.807, 2.05) is 56.3 Å². The van der Waals surface area contributed by atoms with Crippen LogP contribution in [0.4, 0.5) is 16.2 Å². The first kappa shape index (κ1) is 16.1. The number of aryl methyl sites for hydroxylation is 2. The highest BCUT2D eigenvalue weighted by Crippen LogP contribution is 2.24. The van der Waals surface area contributed by atoms with Gasteiger partial charge >= 0.3 is 6.03 Å². The molecule has 0 aromatic heterocycles. The summed E-state index contributed by atoms with van der Waals surface area (Å²) >= 11 is 0. The van der Waals surface area contributed by atoms with E-state index in [1.165, 1.54) is 0 Å². The summed E-state index contributed by atoms with van der Waals surface area (Å²) in [5.74, 6) is -0.184. The molecule has 1 atom stereocenters. The van der Waals surface area contributed by atoms with Gasteiger partial charge in [-0.3, -0.25) is 4.79 Å². The van der Waals surface area contributed by atoms with E-state index in [9.17, 15) is 9.59 Å². The lowest BCUT2D eigenvalue weighted by atomic mass is 10.1. The highest BCUT2D eigenvalue weighted by molar-refractivity contribution is 6.00. The minimum absolute atomic E-state index is 0.184. The molecule has 3 amide bonds. The van der Waals surface area contributed by atoms with Gasteiger partial charge in [0.1, 0.15) is 6.04 Å². The molecule has 124 valence electrons. The molecule has 0 fully saturated rings. The number of fused-ring (bicyclic) bond motifs is 1. The van der Waals surface area contributed by atoms with Crippen LogP contribution in [0.25, 0.3) is 0 Å². The van der Waals surface area contributed by atoms with E-state index in [-0.39, 0.29) is 11.9 Å². The zero-order valence-corrected chi connectivity index (χ0v) is 14.1. The maximum Gasteiger partial charge on any atom is 0.322 e. The van der Waals surface area contributed by atoms with Gasteiger partial charge in [0, 0.05) is 11.4 Å². The summed E-state index contributed by atoms with van der Waals surface area (Å²) in [5, 5.41) is 5.82. The predicted octanol–water partition coefficient (Wildman–Crippen LogP) is 3.68. The molecular formula is C19H21N3O2.